The zero-order valence-electron chi connectivity index (χ0n) is 14.6. The number of aliphatic carboxylic acids is 2. The Bertz CT molecular complexity index is 887. The number of hydrogen-bond acceptors (Lipinski definition) is 7. The molecule has 1 aromatic rings. The molecule has 0 saturated carbocycles. The van der Waals surface area contributed by atoms with Crippen molar-refractivity contribution in [3.63, 3.8) is 0 Å². The Morgan fingerprint density at radius 2 is 1.82 bits per heavy atom. The average Bonchev–Trinajstić information content (AvgIpc) is 3.02. The monoisotopic (exact) mass is 432 g/mol. The molecule has 1 aliphatic heterocycles. The molecule has 0 aromatic heterocycles. The largest absolute Gasteiger partial charge is 0.508 e. The first kappa shape index (κ1) is 22.0. The van der Waals surface area contributed by atoms with Crippen molar-refractivity contribution >= 4 is 39.6 Å². The molecule has 28 heavy (non-hydrogen) atoms. The Morgan fingerprint density at radius 3 is 2.36 bits per heavy atom. The average molecular weight is 432 g/mol. The second kappa shape index (κ2) is 8.80. The third kappa shape index (κ3) is 5.14. The molecular weight excluding hydrogens is 412 g/mol. The molecule has 12 heteroatoms. The van der Waals surface area contributed by atoms with Gasteiger partial charge in [0.1, 0.15) is 17.2 Å². The van der Waals surface area contributed by atoms with E-state index in [1.165, 1.54) is 12.1 Å². The molecule has 1 heterocycles. The quantitative estimate of drug-likeness (QED) is 0.431. The van der Waals surface area contributed by atoms with Gasteiger partial charge in [-0.15, -0.1) is 11.8 Å². The van der Waals surface area contributed by atoms with Crippen LogP contribution in [0.25, 0.3) is 0 Å². The maximum absolute atomic E-state index is 12.6. The van der Waals surface area contributed by atoms with Gasteiger partial charge in [0.25, 0.3) is 0 Å². The van der Waals surface area contributed by atoms with Gasteiger partial charge < -0.3 is 20.2 Å². The lowest BCUT2D eigenvalue weighted by Crippen LogP contribution is -2.42. The minimum Gasteiger partial charge on any atom is -0.508 e. The predicted molar refractivity (Wildman–Crippen MR) is 99.1 cm³/mol. The molecule has 0 aliphatic carbocycles. The Hall–Kier alpha value is -2.31. The van der Waals surface area contributed by atoms with Crippen molar-refractivity contribution in [1.82, 2.24) is 4.90 Å². The summed E-state index contributed by atoms with van der Waals surface area (Å²) in [5, 5.41) is 32.5. The van der Waals surface area contributed by atoms with Crippen molar-refractivity contribution in [1.29, 1.82) is 0 Å². The molecular formula is C16H20N2O8S2. The fourth-order valence-corrected chi connectivity index (χ4v) is 4.84. The summed E-state index contributed by atoms with van der Waals surface area (Å²) < 4.78 is 22.8. The highest BCUT2D eigenvalue weighted by molar-refractivity contribution is 7.99. The first-order valence-corrected chi connectivity index (χ1v) is 10.8. The number of phenols is 1. The van der Waals surface area contributed by atoms with Gasteiger partial charge in [0.05, 0.1) is 4.90 Å². The van der Waals surface area contributed by atoms with Crippen molar-refractivity contribution in [2.24, 2.45) is 5.14 Å². The Morgan fingerprint density at radius 1 is 1.18 bits per heavy atom. The van der Waals surface area contributed by atoms with Crippen LogP contribution in [0.2, 0.25) is 0 Å². The standard InChI is InChI=1S/C16H20N2O8S2/c17-28(25,26)9-5-6-10(12(19)7-9)15-18(11(8-27-15)16(23)24)13(20)3-1-2-4-14(21)22/h5-7,11,15,19H,1-4,8H2,(H,21,22)(H,23,24)(H2,17,25,26)/t11-,15?/m0/s1. The number of unbranched alkanes of at least 4 members (excludes halogenated alkanes) is 1. The molecule has 1 unspecified atom stereocenters. The summed E-state index contributed by atoms with van der Waals surface area (Å²) >= 11 is 1.13. The highest BCUT2D eigenvalue weighted by Crippen LogP contribution is 2.45. The van der Waals surface area contributed by atoms with Crippen molar-refractivity contribution in [2.45, 2.75) is 42.0 Å². The van der Waals surface area contributed by atoms with Crippen LogP contribution in [-0.4, -0.2) is 58.3 Å². The molecule has 1 aromatic carbocycles. The number of nitrogens with zero attached hydrogens (tertiary/aromatic N) is 1. The highest BCUT2D eigenvalue weighted by atomic mass is 32.2. The highest BCUT2D eigenvalue weighted by Gasteiger charge is 2.43. The molecule has 0 radical (unpaired) electrons. The van der Waals surface area contributed by atoms with Crippen LogP contribution in [0.15, 0.2) is 23.1 Å². The zero-order valence-corrected chi connectivity index (χ0v) is 16.3. The van der Waals surface area contributed by atoms with E-state index in [9.17, 15) is 33.0 Å². The van der Waals surface area contributed by atoms with Crippen LogP contribution in [0.4, 0.5) is 0 Å². The number of amides is 1. The Kier molecular flexibility index (Phi) is 6.91. The van der Waals surface area contributed by atoms with Gasteiger partial charge in [-0.25, -0.2) is 18.4 Å². The van der Waals surface area contributed by atoms with Crippen LogP contribution in [0, 0.1) is 0 Å². The molecule has 1 amide bonds. The number of rotatable bonds is 8. The first-order valence-electron chi connectivity index (χ1n) is 8.25. The second-order valence-corrected chi connectivity index (χ2v) is 8.88. The molecule has 1 fully saturated rings. The topological polar surface area (TPSA) is 175 Å². The maximum atomic E-state index is 12.6. The van der Waals surface area contributed by atoms with Crippen LogP contribution in [-0.2, 0) is 24.4 Å². The number of nitrogens with two attached hydrogens (primary N) is 1. The van der Waals surface area contributed by atoms with Crippen molar-refractivity contribution < 1.29 is 38.1 Å². The third-order valence-electron chi connectivity index (χ3n) is 4.20. The van der Waals surface area contributed by atoms with E-state index in [-0.39, 0.29) is 41.9 Å². The van der Waals surface area contributed by atoms with Crippen LogP contribution >= 0.6 is 11.8 Å². The van der Waals surface area contributed by atoms with Crippen LogP contribution in [0.1, 0.15) is 36.6 Å². The minimum atomic E-state index is -4.03. The number of carboxylic acid groups (broad SMARTS) is 2. The number of thioether (sulfide) groups is 1. The minimum absolute atomic E-state index is 0.0376. The molecule has 0 spiro atoms. The van der Waals surface area contributed by atoms with E-state index in [1.54, 1.807) is 0 Å². The fourth-order valence-electron chi connectivity index (χ4n) is 2.83. The zero-order chi connectivity index (χ0) is 21.1. The Labute approximate surface area is 165 Å². The summed E-state index contributed by atoms with van der Waals surface area (Å²) in [6.07, 6.45) is 0.425. The van der Waals surface area contributed by atoms with E-state index in [4.69, 9.17) is 10.2 Å². The van der Waals surface area contributed by atoms with Gasteiger partial charge in [-0.1, -0.05) is 6.07 Å². The summed E-state index contributed by atoms with van der Waals surface area (Å²) in [5.74, 6) is -2.99. The van der Waals surface area contributed by atoms with Gasteiger partial charge in [0.2, 0.25) is 15.9 Å². The second-order valence-electron chi connectivity index (χ2n) is 6.21. The summed E-state index contributed by atoms with van der Waals surface area (Å²) in [5.41, 5.74) is 0.194. The summed E-state index contributed by atoms with van der Waals surface area (Å²) in [6.45, 7) is 0. The van der Waals surface area contributed by atoms with Gasteiger partial charge in [-0.2, -0.15) is 0 Å². The Balaban J connectivity index is 2.25. The number of sulfonamides is 1. The van der Waals surface area contributed by atoms with Gasteiger partial charge in [-0.3, -0.25) is 9.59 Å². The van der Waals surface area contributed by atoms with Crippen molar-refractivity contribution in [3.8, 4) is 5.75 Å². The summed E-state index contributed by atoms with van der Waals surface area (Å²) in [7, 11) is -4.03. The summed E-state index contributed by atoms with van der Waals surface area (Å²) in [4.78, 5) is 35.6. The van der Waals surface area contributed by atoms with Crippen LogP contribution in [0.5, 0.6) is 5.75 Å². The van der Waals surface area contributed by atoms with E-state index in [1.807, 2.05) is 0 Å². The summed E-state index contributed by atoms with van der Waals surface area (Å²) in [6, 6.07) is 2.31. The molecule has 10 nitrogen and oxygen atoms in total. The van der Waals surface area contributed by atoms with Crippen LogP contribution < -0.4 is 5.14 Å². The van der Waals surface area contributed by atoms with Crippen molar-refractivity contribution in [2.75, 3.05) is 5.75 Å². The lowest BCUT2D eigenvalue weighted by Gasteiger charge is -2.28. The normalized spacial score (nSPS) is 19.5. The smallest absolute Gasteiger partial charge is 0.327 e. The van der Waals surface area contributed by atoms with Gasteiger partial charge in [-0.05, 0) is 18.9 Å². The van der Waals surface area contributed by atoms with E-state index in [2.05, 4.69) is 0 Å². The molecule has 154 valence electrons. The maximum Gasteiger partial charge on any atom is 0.327 e. The molecule has 5 N–H and O–H groups in total. The number of carboxylic acids is 2. The first-order chi connectivity index (χ1) is 13.0. The molecule has 2 atom stereocenters. The molecule has 2 rings (SSSR count). The number of phenolic OH excluding ortho intramolecular Hbond substituents is 1. The number of carbonyl (C=O) groups excluding carboxylic acids is 1. The molecule has 1 saturated heterocycles. The third-order valence-corrected chi connectivity index (χ3v) is 6.42. The predicted octanol–water partition coefficient (Wildman–Crippen LogP) is 0.712. The number of aromatic hydroxyl groups is 1. The number of carbonyl (C=O) groups is 3. The lowest BCUT2D eigenvalue weighted by molar-refractivity contribution is -0.149. The van der Waals surface area contributed by atoms with Gasteiger partial charge >= 0.3 is 11.9 Å². The van der Waals surface area contributed by atoms with Crippen LogP contribution in [0.3, 0.4) is 0 Å². The van der Waals surface area contributed by atoms with E-state index >= 15 is 0 Å². The van der Waals surface area contributed by atoms with Gasteiger partial charge in [0.15, 0.2) is 0 Å². The van der Waals surface area contributed by atoms with E-state index < -0.39 is 45.0 Å². The molecule has 1 aliphatic rings. The van der Waals surface area contributed by atoms with Gasteiger partial charge in [0, 0.05) is 30.2 Å². The van der Waals surface area contributed by atoms with Crippen molar-refractivity contribution in [3.05, 3.63) is 23.8 Å². The van der Waals surface area contributed by atoms with E-state index in [0.717, 1.165) is 22.7 Å². The number of primary sulfonamides is 1. The lowest BCUT2D eigenvalue weighted by atomic mass is 10.1. The number of benzene rings is 1. The molecule has 0 bridgehead atoms. The fraction of sp³-hybridized carbons (Fsp3) is 0.438. The number of hydrogen-bond donors (Lipinski definition) is 4. The van der Waals surface area contributed by atoms with E-state index in [0.29, 0.717) is 0 Å². The SMILES string of the molecule is NS(=O)(=O)c1ccc(C2SC[C@@H](C(=O)O)N2C(=O)CCCCC(=O)O)c(O)c1.